The molecule has 0 unspecified atom stereocenters. The number of nitrogen functional groups attached to an aromatic ring is 1. The third kappa shape index (κ3) is 2.14. The number of aromatic nitrogens is 1. The molecule has 0 aliphatic carbocycles. The van der Waals surface area contributed by atoms with Crippen LogP contribution < -0.4 is 5.73 Å². The molecule has 1 aromatic carbocycles. The molecule has 0 bridgehead atoms. The average molecular weight is 293 g/mol. The maximum atomic E-state index is 5.91. The number of rotatable bonds is 2. The van der Waals surface area contributed by atoms with Crippen LogP contribution in [0.3, 0.4) is 0 Å². The minimum Gasteiger partial charge on any atom is -0.398 e. The average Bonchev–Trinajstić information content (AvgIpc) is 3.01. The second-order valence-corrected chi connectivity index (χ2v) is 5.96. The maximum Gasteiger partial charge on any atom is 0.124 e. The van der Waals surface area contributed by atoms with Crippen molar-refractivity contribution < 1.29 is 0 Å². The van der Waals surface area contributed by atoms with Crippen molar-refractivity contribution in [3.63, 3.8) is 0 Å². The molecule has 0 spiro atoms. The van der Waals surface area contributed by atoms with Crippen LogP contribution in [0.2, 0.25) is 5.02 Å². The van der Waals surface area contributed by atoms with Crippen LogP contribution in [-0.2, 0) is 0 Å². The Labute approximate surface area is 118 Å². The fourth-order valence-electron chi connectivity index (χ4n) is 1.62. The van der Waals surface area contributed by atoms with Gasteiger partial charge < -0.3 is 5.73 Å². The molecule has 2 aromatic heterocycles. The Morgan fingerprint density at radius 1 is 1.17 bits per heavy atom. The molecule has 3 rings (SSSR count). The summed E-state index contributed by atoms with van der Waals surface area (Å²) in [5, 5.41) is 5.65. The predicted octanol–water partition coefficient (Wildman–Crippen LogP) is 4.77. The van der Waals surface area contributed by atoms with E-state index in [1.54, 1.807) is 28.7 Å². The van der Waals surface area contributed by atoms with Gasteiger partial charge in [-0.2, -0.15) is 0 Å². The number of halogens is 1. The summed E-state index contributed by atoms with van der Waals surface area (Å²) in [6, 6.07) is 9.70. The van der Waals surface area contributed by atoms with Gasteiger partial charge in [-0.05, 0) is 23.6 Å². The number of nitrogens with zero attached hydrogens (tertiary/aromatic N) is 1. The summed E-state index contributed by atoms with van der Waals surface area (Å²) >= 11 is 9.22. The molecule has 3 aromatic rings. The Balaban J connectivity index is 2.00. The van der Waals surface area contributed by atoms with Crippen molar-refractivity contribution in [3.8, 4) is 21.1 Å². The number of nitrogens with two attached hydrogens (primary N) is 1. The minimum absolute atomic E-state index is 0.578. The van der Waals surface area contributed by atoms with Crippen molar-refractivity contribution in [2.24, 2.45) is 0 Å². The van der Waals surface area contributed by atoms with Crippen LogP contribution in [0.1, 0.15) is 0 Å². The first-order valence-corrected chi connectivity index (χ1v) is 7.42. The number of thiazole rings is 1. The molecule has 0 saturated carbocycles. The van der Waals surface area contributed by atoms with E-state index in [1.807, 2.05) is 18.2 Å². The summed E-state index contributed by atoms with van der Waals surface area (Å²) in [6.07, 6.45) is 0. The normalized spacial score (nSPS) is 10.7. The molecular weight excluding hydrogens is 284 g/mol. The molecule has 90 valence electrons. The summed E-state index contributed by atoms with van der Waals surface area (Å²) in [5.74, 6) is 0. The van der Waals surface area contributed by atoms with Crippen molar-refractivity contribution in [1.29, 1.82) is 0 Å². The van der Waals surface area contributed by atoms with Crippen molar-refractivity contribution in [2.45, 2.75) is 0 Å². The minimum atomic E-state index is 0.578. The molecule has 0 fully saturated rings. The SMILES string of the molecule is Nc1cc(-c2nc(-c3cccs3)cs2)ccc1Cl. The van der Waals surface area contributed by atoms with Gasteiger partial charge in [-0.15, -0.1) is 22.7 Å². The van der Waals surface area contributed by atoms with Crippen molar-refractivity contribution in [2.75, 3.05) is 5.73 Å². The summed E-state index contributed by atoms with van der Waals surface area (Å²) in [5.41, 5.74) is 8.41. The lowest BCUT2D eigenvalue weighted by Gasteiger charge is -2.00. The second-order valence-electron chi connectivity index (χ2n) is 3.75. The first kappa shape index (κ1) is 11.7. The van der Waals surface area contributed by atoms with Crippen LogP contribution in [0, 0.1) is 0 Å². The highest BCUT2D eigenvalue weighted by Crippen LogP contribution is 2.33. The third-order valence-corrected chi connectivity index (χ3v) is 4.65. The fourth-order valence-corrected chi connectivity index (χ4v) is 3.32. The first-order chi connectivity index (χ1) is 8.74. The van der Waals surface area contributed by atoms with Crippen molar-refractivity contribution in [1.82, 2.24) is 4.98 Å². The van der Waals surface area contributed by atoms with E-state index in [2.05, 4.69) is 21.8 Å². The molecule has 2 heterocycles. The maximum absolute atomic E-state index is 5.91. The summed E-state index contributed by atoms with van der Waals surface area (Å²) in [7, 11) is 0. The van der Waals surface area contributed by atoms with E-state index in [4.69, 9.17) is 17.3 Å². The van der Waals surface area contributed by atoms with E-state index in [0.717, 1.165) is 16.3 Å². The van der Waals surface area contributed by atoms with Gasteiger partial charge in [-0.1, -0.05) is 23.7 Å². The number of anilines is 1. The van der Waals surface area contributed by atoms with Crippen molar-refractivity contribution in [3.05, 3.63) is 46.1 Å². The lowest BCUT2D eigenvalue weighted by atomic mass is 10.2. The molecular formula is C13H9ClN2S2. The van der Waals surface area contributed by atoms with Gasteiger partial charge in [0.25, 0.3) is 0 Å². The van der Waals surface area contributed by atoms with E-state index >= 15 is 0 Å². The van der Waals surface area contributed by atoms with Gasteiger partial charge >= 0.3 is 0 Å². The van der Waals surface area contributed by atoms with Gasteiger partial charge in [0.1, 0.15) is 5.01 Å². The highest BCUT2D eigenvalue weighted by Gasteiger charge is 2.08. The van der Waals surface area contributed by atoms with Gasteiger partial charge in [0.2, 0.25) is 0 Å². The second kappa shape index (κ2) is 4.72. The van der Waals surface area contributed by atoms with Crippen LogP contribution in [0.4, 0.5) is 5.69 Å². The Hall–Kier alpha value is -1.36. The number of thiophene rings is 1. The van der Waals surface area contributed by atoms with E-state index in [1.165, 1.54) is 4.88 Å². The molecule has 5 heteroatoms. The lowest BCUT2D eigenvalue weighted by Crippen LogP contribution is -1.87. The Kier molecular flexibility index (Phi) is 3.07. The van der Waals surface area contributed by atoms with E-state index < -0.39 is 0 Å². The fraction of sp³-hybridized carbons (Fsp3) is 0. The number of benzene rings is 1. The smallest absolute Gasteiger partial charge is 0.124 e. The van der Waals surface area contributed by atoms with Crippen LogP contribution >= 0.6 is 34.3 Å². The lowest BCUT2D eigenvalue weighted by molar-refractivity contribution is 1.42. The molecule has 0 radical (unpaired) electrons. The zero-order valence-corrected chi connectivity index (χ0v) is 11.6. The van der Waals surface area contributed by atoms with E-state index in [-0.39, 0.29) is 0 Å². The van der Waals surface area contributed by atoms with E-state index in [9.17, 15) is 0 Å². The molecule has 2 nitrogen and oxygen atoms in total. The monoisotopic (exact) mass is 292 g/mol. The standard InChI is InChI=1S/C13H9ClN2S2/c14-9-4-3-8(6-10(9)15)13-16-11(7-18-13)12-2-1-5-17-12/h1-7H,15H2. The number of hydrogen-bond donors (Lipinski definition) is 1. The molecule has 0 amide bonds. The molecule has 0 saturated heterocycles. The quantitative estimate of drug-likeness (QED) is 0.691. The summed E-state index contributed by atoms with van der Waals surface area (Å²) < 4.78 is 0. The van der Waals surface area contributed by atoms with Crippen molar-refractivity contribution >= 4 is 40.0 Å². The largest absolute Gasteiger partial charge is 0.398 e. The van der Waals surface area contributed by atoms with Crippen LogP contribution in [0.5, 0.6) is 0 Å². The highest BCUT2D eigenvalue weighted by molar-refractivity contribution is 7.15. The molecule has 0 aliphatic heterocycles. The summed E-state index contributed by atoms with van der Waals surface area (Å²) in [4.78, 5) is 5.80. The predicted molar refractivity (Wildman–Crippen MR) is 80.3 cm³/mol. The zero-order valence-electron chi connectivity index (χ0n) is 9.26. The molecule has 0 aliphatic rings. The van der Waals surface area contributed by atoms with Gasteiger partial charge in [0.15, 0.2) is 0 Å². The van der Waals surface area contributed by atoms with Gasteiger partial charge in [0, 0.05) is 10.9 Å². The third-order valence-electron chi connectivity index (χ3n) is 2.52. The van der Waals surface area contributed by atoms with E-state index in [0.29, 0.717) is 10.7 Å². The zero-order chi connectivity index (χ0) is 12.5. The van der Waals surface area contributed by atoms with Crippen LogP contribution in [0.15, 0.2) is 41.1 Å². The van der Waals surface area contributed by atoms with Crippen LogP contribution in [0.25, 0.3) is 21.1 Å². The molecule has 0 atom stereocenters. The molecule has 18 heavy (non-hydrogen) atoms. The Morgan fingerprint density at radius 2 is 2.06 bits per heavy atom. The molecule has 2 N–H and O–H groups in total. The van der Waals surface area contributed by atoms with Crippen LogP contribution in [-0.4, -0.2) is 4.98 Å². The van der Waals surface area contributed by atoms with Gasteiger partial charge in [-0.3, -0.25) is 0 Å². The first-order valence-electron chi connectivity index (χ1n) is 5.29. The summed E-state index contributed by atoms with van der Waals surface area (Å²) in [6.45, 7) is 0. The Bertz CT molecular complexity index is 674. The topological polar surface area (TPSA) is 38.9 Å². The number of hydrogen-bond acceptors (Lipinski definition) is 4. The van der Waals surface area contributed by atoms with Gasteiger partial charge in [0.05, 0.1) is 21.3 Å². The van der Waals surface area contributed by atoms with Gasteiger partial charge in [-0.25, -0.2) is 4.98 Å². The Morgan fingerprint density at radius 3 is 2.78 bits per heavy atom. The highest BCUT2D eigenvalue weighted by atomic mass is 35.5.